The highest BCUT2D eigenvalue weighted by molar-refractivity contribution is 5.53. The fourth-order valence-electron chi connectivity index (χ4n) is 1.80. The van der Waals surface area contributed by atoms with Gasteiger partial charge in [0.15, 0.2) is 11.3 Å². The summed E-state index contributed by atoms with van der Waals surface area (Å²) in [4.78, 5) is 14.9. The molecule has 0 aliphatic heterocycles. The molecule has 0 spiro atoms. The molecule has 0 saturated heterocycles. The number of pyridine rings is 1. The largest absolute Gasteiger partial charge is 0.364 e. The maximum Gasteiger partial charge on any atom is 0.192 e. The number of aromatic nitrogens is 4. The van der Waals surface area contributed by atoms with Crippen LogP contribution in [0.4, 0.5) is 0 Å². The molecule has 5 heteroatoms. The SMILES string of the molecule is Cc1cc(=O)c(-c2nncn2C2CC2)c[nH]1. The first kappa shape index (κ1) is 9.33. The molecular formula is C11H12N4O. The van der Waals surface area contributed by atoms with Crippen LogP contribution in [0, 0.1) is 6.92 Å². The van der Waals surface area contributed by atoms with Gasteiger partial charge in [0.2, 0.25) is 0 Å². The monoisotopic (exact) mass is 216 g/mol. The molecule has 2 aromatic rings. The van der Waals surface area contributed by atoms with Crippen molar-refractivity contribution in [2.24, 2.45) is 0 Å². The molecular weight excluding hydrogens is 204 g/mol. The maximum absolute atomic E-state index is 11.8. The van der Waals surface area contributed by atoms with E-state index >= 15 is 0 Å². The number of aromatic amines is 1. The molecule has 0 unspecified atom stereocenters. The molecule has 3 rings (SSSR count). The zero-order valence-electron chi connectivity index (χ0n) is 8.97. The van der Waals surface area contributed by atoms with E-state index in [1.165, 1.54) is 0 Å². The van der Waals surface area contributed by atoms with E-state index in [0.717, 1.165) is 18.5 Å². The minimum Gasteiger partial charge on any atom is -0.364 e. The van der Waals surface area contributed by atoms with E-state index < -0.39 is 0 Å². The van der Waals surface area contributed by atoms with E-state index in [2.05, 4.69) is 15.2 Å². The molecule has 1 N–H and O–H groups in total. The summed E-state index contributed by atoms with van der Waals surface area (Å²) in [6.45, 7) is 1.86. The molecule has 16 heavy (non-hydrogen) atoms. The normalized spacial score (nSPS) is 15.3. The number of hydrogen-bond donors (Lipinski definition) is 1. The van der Waals surface area contributed by atoms with Gasteiger partial charge in [-0.25, -0.2) is 0 Å². The van der Waals surface area contributed by atoms with E-state index in [0.29, 0.717) is 17.4 Å². The standard InChI is InChI=1S/C11H12N4O/c1-7-4-10(16)9(5-12-7)11-14-13-6-15(11)8-2-3-8/h4-6,8H,2-3H2,1H3,(H,12,16). The van der Waals surface area contributed by atoms with E-state index in [4.69, 9.17) is 0 Å². The molecule has 0 radical (unpaired) electrons. The molecule has 0 bridgehead atoms. The smallest absolute Gasteiger partial charge is 0.192 e. The average molecular weight is 216 g/mol. The fourth-order valence-corrected chi connectivity index (χ4v) is 1.80. The highest BCUT2D eigenvalue weighted by Crippen LogP contribution is 2.36. The summed E-state index contributed by atoms with van der Waals surface area (Å²) in [6, 6.07) is 2.06. The lowest BCUT2D eigenvalue weighted by molar-refractivity contribution is 0.745. The van der Waals surface area contributed by atoms with Gasteiger partial charge in [0.1, 0.15) is 6.33 Å². The maximum atomic E-state index is 11.8. The van der Waals surface area contributed by atoms with Crippen molar-refractivity contribution >= 4 is 0 Å². The Morgan fingerprint density at radius 2 is 2.31 bits per heavy atom. The lowest BCUT2D eigenvalue weighted by Crippen LogP contribution is -2.09. The quantitative estimate of drug-likeness (QED) is 0.822. The summed E-state index contributed by atoms with van der Waals surface area (Å²) in [5.74, 6) is 0.670. The van der Waals surface area contributed by atoms with Gasteiger partial charge in [0.05, 0.1) is 5.56 Å². The Morgan fingerprint density at radius 1 is 1.50 bits per heavy atom. The summed E-state index contributed by atoms with van der Waals surface area (Å²) in [6.07, 6.45) is 5.70. The van der Waals surface area contributed by atoms with Crippen LogP contribution in [0.5, 0.6) is 0 Å². The van der Waals surface area contributed by atoms with Gasteiger partial charge in [-0.1, -0.05) is 0 Å². The van der Waals surface area contributed by atoms with Gasteiger partial charge >= 0.3 is 0 Å². The van der Waals surface area contributed by atoms with Crippen LogP contribution in [0.15, 0.2) is 23.4 Å². The molecule has 1 aliphatic rings. The molecule has 82 valence electrons. The molecule has 0 atom stereocenters. The van der Waals surface area contributed by atoms with E-state index in [1.807, 2.05) is 11.5 Å². The van der Waals surface area contributed by atoms with Gasteiger partial charge in [0.25, 0.3) is 0 Å². The van der Waals surface area contributed by atoms with Gasteiger partial charge in [-0.15, -0.1) is 10.2 Å². The highest BCUT2D eigenvalue weighted by atomic mass is 16.1. The minimum absolute atomic E-state index is 0.00819. The van der Waals surface area contributed by atoms with Gasteiger partial charge in [-0.2, -0.15) is 0 Å². The molecule has 1 saturated carbocycles. The first-order valence-electron chi connectivity index (χ1n) is 5.35. The van der Waals surface area contributed by atoms with Crippen molar-refractivity contribution < 1.29 is 0 Å². The predicted molar refractivity (Wildman–Crippen MR) is 59.1 cm³/mol. The Labute approximate surface area is 92.2 Å². The van der Waals surface area contributed by atoms with Crippen LogP contribution < -0.4 is 5.43 Å². The number of H-pyrrole nitrogens is 1. The van der Waals surface area contributed by atoms with Crippen molar-refractivity contribution in [3.8, 4) is 11.4 Å². The van der Waals surface area contributed by atoms with Crippen molar-refractivity contribution in [3.63, 3.8) is 0 Å². The number of nitrogens with zero attached hydrogens (tertiary/aromatic N) is 3. The van der Waals surface area contributed by atoms with E-state index in [1.54, 1.807) is 18.6 Å². The third-order valence-electron chi connectivity index (χ3n) is 2.81. The molecule has 1 aliphatic carbocycles. The second kappa shape index (κ2) is 3.30. The van der Waals surface area contributed by atoms with Crippen molar-refractivity contribution in [2.75, 3.05) is 0 Å². The minimum atomic E-state index is -0.00819. The molecule has 2 aromatic heterocycles. The Balaban J connectivity index is 2.14. The molecule has 2 heterocycles. The topological polar surface area (TPSA) is 63.6 Å². The van der Waals surface area contributed by atoms with Crippen molar-refractivity contribution in [3.05, 3.63) is 34.5 Å². The molecule has 0 amide bonds. The van der Waals surface area contributed by atoms with Crippen LogP contribution in [0.3, 0.4) is 0 Å². The predicted octanol–water partition coefficient (Wildman–Crippen LogP) is 1.28. The van der Waals surface area contributed by atoms with Crippen LogP contribution in [0.2, 0.25) is 0 Å². The third kappa shape index (κ3) is 1.44. The first-order valence-corrected chi connectivity index (χ1v) is 5.35. The summed E-state index contributed by atoms with van der Waals surface area (Å²) in [7, 11) is 0. The average Bonchev–Trinajstić information content (AvgIpc) is 2.98. The van der Waals surface area contributed by atoms with E-state index in [-0.39, 0.29) is 5.43 Å². The summed E-state index contributed by atoms with van der Waals surface area (Å²) in [5.41, 5.74) is 1.44. The summed E-state index contributed by atoms with van der Waals surface area (Å²) >= 11 is 0. The number of hydrogen-bond acceptors (Lipinski definition) is 3. The second-order valence-electron chi connectivity index (χ2n) is 4.19. The number of rotatable bonds is 2. The number of nitrogens with one attached hydrogen (secondary N) is 1. The molecule has 1 fully saturated rings. The van der Waals surface area contributed by atoms with Crippen molar-refractivity contribution in [1.82, 2.24) is 19.7 Å². The molecule has 5 nitrogen and oxygen atoms in total. The molecule has 0 aromatic carbocycles. The highest BCUT2D eigenvalue weighted by Gasteiger charge is 2.27. The van der Waals surface area contributed by atoms with Crippen LogP contribution in [-0.4, -0.2) is 19.7 Å². The van der Waals surface area contributed by atoms with Crippen LogP contribution in [0.1, 0.15) is 24.6 Å². The van der Waals surface area contributed by atoms with Crippen LogP contribution in [0.25, 0.3) is 11.4 Å². The summed E-state index contributed by atoms with van der Waals surface area (Å²) < 4.78 is 1.99. The van der Waals surface area contributed by atoms with Crippen LogP contribution >= 0.6 is 0 Å². The third-order valence-corrected chi connectivity index (χ3v) is 2.81. The van der Waals surface area contributed by atoms with Crippen molar-refractivity contribution in [2.45, 2.75) is 25.8 Å². The Hall–Kier alpha value is -1.91. The van der Waals surface area contributed by atoms with Crippen molar-refractivity contribution in [1.29, 1.82) is 0 Å². The Kier molecular flexibility index (Phi) is 1.92. The summed E-state index contributed by atoms with van der Waals surface area (Å²) in [5, 5.41) is 7.91. The van der Waals surface area contributed by atoms with Crippen LogP contribution in [-0.2, 0) is 0 Å². The lowest BCUT2D eigenvalue weighted by Gasteiger charge is -2.03. The van der Waals surface area contributed by atoms with Gasteiger partial charge in [0, 0.05) is 24.0 Å². The van der Waals surface area contributed by atoms with E-state index in [9.17, 15) is 4.79 Å². The Morgan fingerprint density at radius 3 is 3.00 bits per heavy atom. The lowest BCUT2D eigenvalue weighted by atomic mass is 10.2. The fraction of sp³-hybridized carbons (Fsp3) is 0.364. The van der Waals surface area contributed by atoms with Gasteiger partial charge < -0.3 is 9.55 Å². The second-order valence-corrected chi connectivity index (χ2v) is 4.19. The zero-order chi connectivity index (χ0) is 11.1. The van der Waals surface area contributed by atoms with Gasteiger partial charge in [-0.05, 0) is 19.8 Å². The zero-order valence-corrected chi connectivity index (χ0v) is 8.97. The Bertz CT molecular complexity index is 580. The number of aryl methyl sites for hydroxylation is 1. The van der Waals surface area contributed by atoms with Gasteiger partial charge in [-0.3, -0.25) is 4.79 Å². The first-order chi connectivity index (χ1) is 7.75.